The number of nitrogens with zero attached hydrogens (tertiary/aromatic N) is 2. The number of imide groups is 2. The zero-order chi connectivity index (χ0) is 19.6. The van der Waals surface area contributed by atoms with Gasteiger partial charge in [0.15, 0.2) is 0 Å². The van der Waals surface area contributed by atoms with Crippen LogP contribution in [0.5, 0.6) is 0 Å². The minimum atomic E-state index is -1.06. The summed E-state index contributed by atoms with van der Waals surface area (Å²) >= 11 is 0. The molecule has 1 aromatic rings. The number of benzene rings is 1. The highest BCUT2D eigenvalue weighted by Crippen LogP contribution is 2.39. The van der Waals surface area contributed by atoms with Crippen LogP contribution in [0.15, 0.2) is 12.1 Å². The van der Waals surface area contributed by atoms with Gasteiger partial charge < -0.3 is 10.2 Å². The highest BCUT2D eigenvalue weighted by atomic mass is 19.1. The second kappa shape index (κ2) is 6.10. The van der Waals surface area contributed by atoms with E-state index >= 15 is 0 Å². The van der Waals surface area contributed by atoms with Gasteiger partial charge in [0.25, 0.3) is 11.8 Å². The third-order valence-electron chi connectivity index (χ3n) is 6.17. The first-order valence-corrected chi connectivity index (χ1v) is 9.50. The van der Waals surface area contributed by atoms with Gasteiger partial charge in [0.1, 0.15) is 11.9 Å². The average molecular weight is 386 g/mol. The summed E-state index contributed by atoms with van der Waals surface area (Å²) in [7, 11) is 0. The normalized spacial score (nSPS) is 29.4. The van der Waals surface area contributed by atoms with Gasteiger partial charge in [-0.2, -0.15) is 0 Å². The molecule has 0 radical (unpaired) electrons. The van der Waals surface area contributed by atoms with Crippen LogP contribution in [0.2, 0.25) is 0 Å². The van der Waals surface area contributed by atoms with Crippen LogP contribution in [0.4, 0.5) is 10.1 Å². The maximum atomic E-state index is 14.9. The van der Waals surface area contributed by atoms with Gasteiger partial charge in [-0.05, 0) is 31.4 Å². The number of amides is 4. The number of piperidine rings is 3. The number of carbonyl (C=O) groups excluding carboxylic acids is 4. The molecule has 4 amide bonds. The molecule has 0 aromatic heterocycles. The van der Waals surface area contributed by atoms with E-state index in [0.717, 1.165) is 17.7 Å². The Hall–Kier alpha value is -2.81. The molecule has 2 N–H and O–H groups in total. The molecule has 0 aliphatic carbocycles. The fraction of sp³-hybridized carbons (Fsp3) is 0.474. The number of hydrogen-bond acceptors (Lipinski definition) is 6. The monoisotopic (exact) mass is 386 g/mol. The lowest BCUT2D eigenvalue weighted by Crippen LogP contribution is -2.61. The van der Waals surface area contributed by atoms with E-state index in [1.54, 1.807) is 0 Å². The van der Waals surface area contributed by atoms with E-state index in [4.69, 9.17) is 0 Å². The van der Waals surface area contributed by atoms with Gasteiger partial charge in [-0.1, -0.05) is 0 Å². The lowest BCUT2D eigenvalue weighted by atomic mass is 9.91. The van der Waals surface area contributed by atoms with Gasteiger partial charge in [0.05, 0.1) is 16.8 Å². The molecule has 146 valence electrons. The minimum Gasteiger partial charge on any atom is -0.363 e. The molecule has 3 atom stereocenters. The maximum Gasteiger partial charge on any atom is 0.264 e. The third kappa shape index (κ3) is 2.39. The summed E-state index contributed by atoms with van der Waals surface area (Å²) in [6.45, 7) is 1.27. The molecule has 5 aliphatic heterocycles. The predicted octanol–water partition coefficient (Wildman–Crippen LogP) is 0.168. The summed E-state index contributed by atoms with van der Waals surface area (Å²) in [5.74, 6) is -2.93. The fourth-order valence-electron chi connectivity index (χ4n) is 4.78. The summed E-state index contributed by atoms with van der Waals surface area (Å²) in [6, 6.07) is 1.74. The number of anilines is 1. The van der Waals surface area contributed by atoms with Crippen molar-refractivity contribution in [2.75, 3.05) is 18.0 Å². The number of carbonyl (C=O) groups is 4. The van der Waals surface area contributed by atoms with E-state index in [-0.39, 0.29) is 41.7 Å². The molecule has 28 heavy (non-hydrogen) atoms. The number of piperazine rings is 1. The van der Waals surface area contributed by atoms with Crippen molar-refractivity contribution >= 4 is 29.3 Å². The number of hydrogen-bond donors (Lipinski definition) is 2. The van der Waals surface area contributed by atoms with Crippen LogP contribution in [0.1, 0.15) is 46.4 Å². The zero-order valence-corrected chi connectivity index (χ0v) is 15.0. The zero-order valence-electron chi connectivity index (χ0n) is 15.0. The van der Waals surface area contributed by atoms with Crippen molar-refractivity contribution in [3.63, 3.8) is 0 Å². The molecule has 9 heteroatoms. The maximum absolute atomic E-state index is 14.9. The van der Waals surface area contributed by atoms with E-state index < -0.39 is 35.5 Å². The van der Waals surface area contributed by atoms with E-state index in [1.807, 2.05) is 4.90 Å². The van der Waals surface area contributed by atoms with E-state index in [9.17, 15) is 23.6 Å². The summed E-state index contributed by atoms with van der Waals surface area (Å²) in [5, 5.41) is 5.55. The highest BCUT2D eigenvalue weighted by Gasteiger charge is 2.48. The number of halogens is 1. The Labute approximate surface area is 160 Å². The molecule has 2 bridgehead atoms. The lowest BCUT2D eigenvalue weighted by Gasteiger charge is -2.47. The second-order valence-corrected chi connectivity index (χ2v) is 7.75. The highest BCUT2D eigenvalue weighted by molar-refractivity contribution is 6.25. The predicted molar refractivity (Wildman–Crippen MR) is 95.2 cm³/mol. The Morgan fingerprint density at radius 1 is 1.04 bits per heavy atom. The Morgan fingerprint density at radius 3 is 2.50 bits per heavy atom. The van der Waals surface area contributed by atoms with Crippen molar-refractivity contribution in [1.82, 2.24) is 15.5 Å². The Morgan fingerprint density at radius 2 is 1.86 bits per heavy atom. The topological polar surface area (TPSA) is 98.8 Å². The van der Waals surface area contributed by atoms with Crippen molar-refractivity contribution in [3.8, 4) is 0 Å². The lowest BCUT2D eigenvalue weighted by molar-refractivity contribution is -0.136. The molecule has 5 heterocycles. The first-order valence-electron chi connectivity index (χ1n) is 9.50. The van der Waals surface area contributed by atoms with E-state index in [0.29, 0.717) is 13.1 Å². The Balaban J connectivity index is 1.56. The molecule has 5 aliphatic rings. The van der Waals surface area contributed by atoms with Crippen LogP contribution in [-0.4, -0.2) is 59.7 Å². The Bertz CT molecular complexity index is 925. The van der Waals surface area contributed by atoms with E-state index in [1.165, 1.54) is 12.1 Å². The van der Waals surface area contributed by atoms with Crippen LogP contribution < -0.4 is 15.5 Å². The van der Waals surface area contributed by atoms with Gasteiger partial charge in [-0.3, -0.25) is 29.4 Å². The molecule has 1 aromatic carbocycles. The molecule has 3 unspecified atom stereocenters. The molecule has 6 rings (SSSR count). The molecular formula is C19H19FN4O4. The van der Waals surface area contributed by atoms with Gasteiger partial charge in [-0.15, -0.1) is 0 Å². The fourth-order valence-corrected chi connectivity index (χ4v) is 4.78. The largest absolute Gasteiger partial charge is 0.363 e. The Kier molecular flexibility index (Phi) is 3.77. The molecule has 8 nitrogen and oxygen atoms in total. The van der Waals surface area contributed by atoms with Gasteiger partial charge in [-0.25, -0.2) is 4.39 Å². The van der Waals surface area contributed by atoms with Crippen LogP contribution in [0.25, 0.3) is 0 Å². The summed E-state index contributed by atoms with van der Waals surface area (Å²) in [5.41, 5.74) is 0.296. The molecule has 0 spiro atoms. The van der Waals surface area contributed by atoms with Crippen LogP contribution in [0, 0.1) is 5.82 Å². The smallest absolute Gasteiger partial charge is 0.264 e. The molecule has 0 saturated carbocycles. The average Bonchev–Trinajstić information content (AvgIpc) is 2.93. The summed E-state index contributed by atoms with van der Waals surface area (Å²) in [4.78, 5) is 52.5. The first-order chi connectivity index (χ1) is 13.5. The quantitative estimate of drug-likeness (QED) is 0.703. The number of rotatable bonds is 2. The number of fused-ring (bicyclic) bond motifs is 4. The van der Waals surface area contributed by atoms with E-state index in [2.05, 4.69) is 10.6 Å². The van der Waals surface area contributed by atoms with Crippen molar-refractivity contribution in [2.24, 2.45) is 0 Å². The summed E-state index contributed by atoms with van der Waals surface area (Å²) in [6.07, 6.45) is 2.01. The van der Waals surface area contributed by atoms with Crippen LogP contribution in [0.3, 0.4) is 0 Å². The first kappa shape index (κ1) is 17.3. The van der Waals surface area contributed by atoms with Crippen molar-refractivity contribution in [3.05, 3.63) is 29.1 Å². The second-order valence-electron chi connectivity index (χ2n) is 7.75. The molecule has 4 saturated heterocycles. The molecular weight excluding hydrogens is 367 g/mol. The van der Waals surface area contributed by atoms with Crippen molar-refractivity contribution in [2.45, 2.75) is 43.8 Å². The standard InChI is InChI=1S/C19H19FN4O4/c20-12-4-3-11-15(16(12)23-8-9-1-2-10(23)7-21-9)19(28)24(18(11)27)13-5-6-14(25)22-17(13)26/h3-4,9-10,13,21H,1-2,5-8H2,(H,22,25,26). The number of nitrogens with one attached hydrogen (secondary N) is 2. The van der Waals surface area contributed by atoms with Crippen molar-refractivity contribution < 1.29 is 23.6 Å². The van der Waals surface area contributed by atoms with Crippen LogP contribution in [-0.2, 0) is 9.59 Å². The molecule has 4 fully saturated rings. The minimum absolute atomic E-state index is 0.0299. The third-order valence-corrected chi connectivity index (χ3v) is 6.17. The van der Waals surface area contributed by atoms with Crippen LogP contribution >= 0.6 is 0 Å². The van der Waals surface area contributed by atoms with Gasteiger partial charge in [0, 0.05) is 31.6 Å². The summed E-state index contributed by atoms with van der Waals surface area (Å²) < 4.78 is 14.9. The van der Waals surface area contributed by atoms with Crippen molar-refractivity contribution in [1.29, 1.82) is 0 Å². The SMILES string of the molecule is O=C1CCC(N2C(=O)c3ccc(F)c(N4CC5CCC4CN5)c3C2=O)C(=O)N1. The van der Waals surface area contributed by atoms with Gasteiger partial charge in [0.2, 0.25) is 11.8 Å². The van der Waals surface area contributed by atoms with Gasteiger partial charge >= 0.3 is 0 Å².